The molecule has 0 atom stereocenters. The highest BCUT2D eigenvalue weighted by molar-refractivity contribution is 7.12. The number of nitrogens with one attached hydrogen (secondary N) is 1. The van der Waals surface area contributed by atoms with Gasteiger partial charge in [0.2, 0.25) is 0 Å². The highest BCUT2D eigenvalue weighted by Gasteiger charge is 2.49. The Bertz CT molecular complexity index is 1360. The summed E-state index contributed by atoms with van der Waals surface area (Å²) in [5.74, 6) is -0.235. The SMILES string of the molecule is CN1CCc2nc(C3(c4ccc(CNc5cc(-c6ccc(F)cc6)ccc5N)cc4)CC3)sc2C1. The highest BCUT2D eigenvalue weighted by Crippen LogP contribution is 2.55. The van der Waals surface area contributed by atoms with Crippen LogP contribution in [-0.4, -0.2) is 23.5 Å². The predicted octanol–water partition coefficient (Wildman–Crippen LogP) is 6.21. The Labute approximate surface area is 209 Å². The lowest BCUT2D eigenvalue weighted by atomic mass is 9.95. The van der Waals surface area contributed by atoms with Gasteiger partial charge in [0, 0.05) is 36.3 Å². The lowest BCUT2D eigenvalue weighted by Crippen LogP contribution is -2.25. The quantitative estimate of drug-likeness (QED) is 0.320. The second-order valence-electron chi connectivity index (χ2n) is 9.82. The highest BCUT2D eigenvalue weighted by atomic mass is 32.1. The van der Waals surface area contributed by atoms with E-state index in [2.05, 4.69) is 41.5 Å². The van der Waals surface area contributed by atoms with Crippen molar-refractivity contribution in [3.05, 3.63) is 99.3 Å². The van der Waals surface area contributed by atoms with Crippen LogP contribution in [0.15, 0.2) is 66.7 Å². The lowest BCUT2D eigenvalue weighted by molar-refractivity contribution is 0.314. The van der Waals surface area contributed by atoms with E-state index in [1.165, 1.54) is 51.7 Å². The first-order valence-electron chi connectivity index (χ1n) is 12.2. The second-order valence-corrected chi connectivity index (χ2v) is 10.9. The summed E-state index contributed by atoms with van der Waals surface area (Å²) in [6.07, 6.45) is 3.42. The van der Waals surface area contributed by atoms with Crippen molar-refractivity contribution in [2.45, 2.75) is 37.8 Å². The van der Waals surface area contributed by atoms with Crippen LogP contribution in [0.5, 0.6) is 0 Å². The van der Waals surface area contributed by atoms with Crippen molar-refractivity contribution in [1.82, 2.24) is 9.88 Å². The molecule has 0 radical (unpaired) electrons. The van der Waals surface area contributed by atoms with E-state index in [4.69, 9.17) is 10.7 Å². The summed E-state index contributed by atoms with van der Waals surface area (Å²) in [5, 5.41) is 4.78. The molecular formula is C29H29FN4S. The summed E-state index contributed by atoms with van der Waals surface area (Å²) in [6.45, 7) is 2.81. The minimum Gasteiger partial charge on any atom is -0.397 e. The molecule has 6 heteroatoms. The van der Waals surface area contributed by atoms with Crippen LogP contribution in [0, 0.1) is 5.82 Å². The van der Waals surface area contributed by atoms with Crippen LogP contribution in [0.2, 0.25) is 0 Å². The normalized spacial score (nSPS) is 16.6. The molecule has 1 saturated carbocycles. The molecule has 1 fully saturated rings. The Balaban J connectivity index is 1.16. The predicted molar refractivity (Wildman–Crippen MR) is 142 cm³/mol. The summed E-state index contributed by atoms with van der Waals surface area (Å²) in [5.41, 5.74) is 13.8. The van der Waals surface area contributed by atoms with E-state index in [0.29, 0.717) is 12.2 Å². The number of hydrogen-bond donors (Lipinski definition) is 2. The standard InChI is InChI=1S/C29H29FN4S/c1-34-15-12-25-27(18-34)35-28(33-25)29(13-14-29)22-7-2-19(3-8-22)17-32-26-16-21(6-11-24(26)31)20-4-9-23(30)10-5-20/h2-11,16,32H,12-15,17-18,31H2,1H3. The first-order valence-corrected chi connectivity index (χ1v) is 13.0. The number of nitrogen functional groups attached to an aromatic ring is 1. The summed E-state index contributed by atoms with van der Waals surface area (Å²) < 4.78 is 13.3. The summed E-state index contributed by atoms with van der Waals surface area (Å²) in [6, 6.07) is 21.4. The molecular weight excluding hydrogens is 455 g/mol. The van der Waals surface area contributed by atoms with Crippen molar-refractivity contribution < 1.29 is 4.39 Å². The van der Waals surface area contributed by atoms with Gasteiger partial charge in [-0.2, -0.15) is 0 Å². The van der Waals surface area contributed by atoms with Gasteiger partial charge in [-0.05, 0) is 66.4 Å². The second kappa shape index (κ2) is 8.77. The van der Waals surface area contributed by atoms with Crippen LogP contribution >= 0.6 is 11.3 Å². The van der Waals surface area contributed by atoms with E-state index < -0.39 is 0 Å². The number of nitrogens with zero attached hydrogens (tertiary/aromatic N) is 2. The number of aromatic nitrogens is 1. The number of rotatable bonds is 6. The monoisotopic (exact) mass is 484 g/mol. The van der Waals surface area contributed by atoms with Gasteiger partial charge in [0.25, 0.3) is 0 Å². The van der Waals surface area contributed by atoms with Gasteiger partial charge in [-0.15, -0.1) is 11.3 Å². The Morgan fingerprint density at radius 1 is 1.03 bits per heavy atom. The third-order valence-corrected chi connectivity index (χ3v) is 8.59. The molecule has 2 aliphatic rings. The number of likely N-dealkylation sites (N-methyl/N-ethyl adjacent to an activating group) is 1. The van der Waals surface area contributed by atoms with Crippen LogP contribution in [0.1, 0.15) is 39.5 Å². The molecule has 0 unspecified atom stereocenters. The van der Waals surface area contributed by atoms with E-state index in [1.807, 2.05) is 29.5 Å². The Kier molecular flexibility index (Phi) is 5.58. The molecule has 3 N–H and O–H groups in total. The maximum atomic E-state index is 13.3. The van der Waals surface area contributed by atoms with E-state index in [-0.39, 0.29) is 11.2 Å². The van der Waals surface area contributed by atoms with Gasteiger partial charge < -0.3 is 16.0 Å². The first-order chi connectivity index (χ1) is 17.0. The summed E-state index contributed by atoms with van der Waals surface area (Å²) in [7, 11) is 2.19. The molecule has 4 nitrogen and oxygen atoms in total. The van der Waals surface area contributed by atoms with Gasteiger partial charge >= 0.3 is 0 Å². The number of halogens is 1. The van der Waals surface area contributed by atoms with Crippen molar-refractivity contribution in [3.63, 3.8) is 0 Å². The van der Waals surface area contributed by atoms with Crippen molar-refractivity contribution in [3.8, 4) is 11.1 Å². The van der Waals surface area contributed by atoms with Crippen LogP contribution in [0.3, 0.4) is 0 Å². The maximum absolute atomic E-state index is 13.3. The number of thiazole rings is 1. The smallest absolute Gasteiger partial charge is 0.123 e. The average molecular weight is 485 g/mol. The largest absolute Gasteiger partial charge is 0.397 e. The fourth-order valence-corrected chi connectivity index (χ4v) is 6.41. The third kappa shape index (κ3) is 4.32. The molecule has 4 aromatic rings. The molecule has 178 valence electrons. The number of nitrogens with two attached hydrogens (primary N) is 1. The van der Waals surface area contributed by atoms with Crippen molar-refractivity contribution >= 4 is 22.7 Å². The molecule has 1 aliphatic heterocycles. The topological polar surface area (TPSA) is 54.2 Å². The lowest BCUT2D eigenvalue weighted by Gasteiger charge is -2.20. The zero-order chi connectivity index (χ0) is 24.0. The van der Waals surface area contributed by atoms with Crippen LogP contribution < -0.4 is 11.1 Å². The Morgan fingerprint density at radius 3 is 2.51 bits per heavy atom. The molecule has 1 aromatic heterocycles. The minimum atomic E-state index is -0.235. The van der Waals surface area contributed by atoms with Gasteiger partial charge in [-0.25, -0.2) is 9.37 Å². The van der Waals surface area contributed by atoms with Gasteiger partial charge in [0.1, 0.15) is 10.8 Å². The van der Waals surface area contributed by atoms with E-state index in [0.717, 1.165) is 36.3 Å². The molecule has 0 amide bonds. The molecule has 0 spiro atoms. The molecule has 3 aromatic carbocycles. The molecule has 0 saturated heterocycles. The fourth-order valence-electron chi connectivity index (χ4n) is 4.95. The van der Waals surface area contributed by atoms with Crippen molar-refractivity contribution in [2.24, 2.45) is 0 Å². The van der Waals surface area contributed by atoms with E-state index in [1.54, 1.807) is 12.1 Å². The van der Waals surface area contributed by atoms with Crippen LogP contribution in [-0.2, 0) is 24.9 Å². The van der Waals surface area contributed by atoms with E-state index >= 15 is 0 Å². The van der Waals surface area contributed by atoms with Crippen LogP contribution in [0.4, 0.5) is 15.8 Å². The Hall–Kier alpha value is -3.22. The number of fused-ring (bicyclic) bond motifs is 1. The number of benzene rings is 3. The zero-order valence-corrected chi connectivity index (χ0v) is 20.7. The first kappa shape index (κ1) is 22.3. The minimum absolute atomic E-state index is 0.112. The molecule has 0 bridgehead atoms. The zero-order valence-electron chi connectivity index (χ0n) is 19.9. The van der Waals surface area contributed by atoms with Crippen LogP contribution in [0.25, 0.3) is 11.1 Å². The maximum Gasteiger partial charge on any atom is 0.123 e. The van der Waals surface area contributed by atoms with Gasteiger partial charge in [0.15, 0.2) is 0 Å². The molecule has 2 heterocycles. The molecule has 6 rings (SSSR count). The van der Waals surface area contributed by atoms with E-state index in [9.17, 15) is 4.39 Å². The fraction of sp³-hybridized carbons (Fsp3) is 0.276. The number of hydrogen-bond acceptors (Lipinski definition) is 5. The molecule has 35 heavy (non-hydrogen) atoms. The summed E-state index contributed by atoms with van der Waals surface area (Å²) >= 11 is 1.92. The Morgan fingerprint density at radius 2 is 1.77 bits per heavy atom. The number of anilines is 2. The third-order valence-electron chi connectivity index (χ3n) is 7.30. The summed E-state index contributed by atoms with van der Waals surface area (Å²) in [4.78, 5) is 8.92. The van der Waals surface area contributed by atoms with Gasteiger partial charge in [-0.3, -0.25) is 0 Å². The average Bonchev–Trinajstić information content (AvgIpc) is 3.57. The van der Waals surface area contributed by atoms with Gasteiger partial charge in [0.05, 0.1) is 17.1 Å². The van der Waals surface area contributed by atoms with Gasteiger partial charge in [-0.1, -0.05) is 42.5 Å². The van der Waals surface area contributed by atoms with Crippen molar-refractivity contribution in [2.75, 3.05) is 24.6 Å². The molecule has 1 aliphatic carbocycles. The van der Waals surface area contributed by atoms with Crippen molar-refractivity contribution in [1.29, 1.82) is 0 Å².